The number of amides is 1. The molecule has 0 aromatic carbocycles. The molecule has 0 radical (unpaired) electrons. The van der Waals surface area contributed by atoms with Crippen LogP contribution in [-0.2, 0) is 9.53 Å². The van der Waals surface area contributed by atoms with Crippen molar-refractivity contribution < 1.29 is 14.6 Å². The molecule has 1 heterocycles. The molecule has 1 saturated heterocycles. The molecule has 1 amide bonds. The van der Waals surface area contributed by atoms with Gasteiger partial charge in [0, 0.05) is 25.6 Å². The number of nitrogens with zero attached hydrogens (tertiary/aromatic N) is 1. The number of likely N-dealkylation sites (tertiary alicyclic amines) is 1. The number of carbonyl (C=O) groups excluding carboxylic acids is 1. The Morgan fingerprint density at radius 3 is 2.56 bits per heavy atom. The van der Waals surface area contributed by atoms with Crippen molar-refractivity contribution in [1.29, 1.82) is 0 Å². The minimum atomic E-state index is -0.758. The van der Waals surface area contributed by atoms with Crippen LogP contribution in [0.1, 0.15) is 46.0 Å². The van der Waals surface area contributed by atoms with E-state index in [1.807, 2.05) is 18.7 Å². The molecule has 104 valence electrons. The maximum absolute atomic E-state index is 12.5. The number of methoxy groups -OCH3 is 1. The second-order valence-corrected chi connectivity index (χ2v) is 6.08. The molecule has 0 aromatic rings. The van der Waals surface area contributed by atoms with E-state index in [9.17, 15) is 9.90 Å². The molecule has 2 fully saturated rings. The van der Waals surface area contributed by atoms with Crippen molar-refractivity contribution in [3.8, 4) is 0 Å². The topological polar surface area (TPSA) is 49.8 Å². The summed E-state index contributed by atoms with van der Waals surface area (Å²) in [6, 6.07) is 0.212. The van der Waals surface area contributed by atoms with Crippen LogP contribution in [0.3, 0.4) is 0 Å². The maximum Gasteiger partial charge on any atom is 0.254 e. The summed E-state index contributed by atoms with van der Waals surface area (Å²) in [5.74, 6) is 0.329. The first-order valence-electron chi connectivity index (χ1n) is 7.01. The fourth-order valence-electron chi connectivity index (χ4n) is 3.34. The zero-order chi connectivity index (χ0) is 13.3. The molecule has 0 aromatic heterocycles. The molecule has 1 aliphatic carbocycles. The summed E-state index contributed by atoms with van der Waals surface area (Å²) >= 11 is 0. The lowest BCUT2D eigenvalue weighted by atomic mass is 9.93. The summed E-state index contributed by atoms with van der Waals surface area (Å²) in [6.07, 6.45) is 4.85. The molecule has 2 rings (SSSR count). The van der Waals surface area contributed by atoms with Crippen molar-refractivity contribution in [1.82, 2.24) is 4.90 Å². The van der Waals surface area contributed by atoms with E-state index in [1.54, 1.807) is 7.11 Å². The van der Waals surface area contributed by atoms with Crippen LogP contribution in [-0.4, -0.2) is 47.3 Å². The van der Waals surface area contributed by atoms with E-state index >= 15 is 0 Å². The summed E-state index contributed by atoms with van der Waals surface area (Å²) < 4.78 is 5.30. The van der Waals surface area contributed by atoms with Gasteiger partial charge in [-0.2, -0.15) is 0 Å². The minimum Gasteiger partial charge on any atom is -0.393 e. The third-order valence-corrected chi connectivity index (χ3v) is 4.61. The number of hydrogen-bond acceptors (Lipinski definition) is 3. The highest BCUT2D eigenvalue weighted by Crippen LogP contribution is 2.36. The lowest BCUT2D eigenvalue weighted by Crippen LogP contribution is -2.51. The largest absolute Gasteiger partial charge is 0.393 e. The number of carbonyl (C=O) groups is 1. The van der Waals surface area contributed by atoms with E-state index in [4.69, 9.17) is 4.74 Å². The third-order valence-electron chi connectivity index (χ3n) is 4.61. The van der Waals surface area contributed by atoms with E-state index in [0.717, 1.165) is 38.6 Å². The van der Waals surface area contributed by atoms with Crippen molar-refractivity contribution in [2.75, 3.05) is 13.7 Å². The number of rotatable bonds is 3. The molecule has 3 atom stereocenters. The monoisotopic (exact) mass is 255 g/mol. The Kier molecular flexibility index (Phi) is 3.97. The molecule has 1 N–H and O–H groups in total. The molecule has 3 unspecified atom stereocenters. The Bertz CT molecular complexity index is 316. The molecule has 1 saturated carbocycles. The summed E-state index contributed by atoms with van der Waals surface area (Å²) in [4.78, 5) is 14.4. The second-order valence-electron chi connectivity index (χ2n) is 6.08. The van der Waals surface area contributed by atoms with Crippen molar-refractivity contribution >= 4 is 5.91 Å². The first-order valence-corrected chi connectivity index (χ1v) is 7.01. The Morgan fingerprint density at radius 1 is 1.28 bits per heavy atom. The fourth-order valence-corrected chi connectivity index (χ4v) is 3.34. The van der Waals surface area contributed by atoms with Gasteiger partial charge in [-0.15, -0.1) is 0 Å². The first kappa shape index (κ1) is 13.8. The van der Waals surface area contributed by atoms with Crippen LogP contribution < -0.4 is 0 Å². The smallest absolute Gasteiger partial charge is 0.254 e. The Hall–Kier alpha value is -0.610. The molecular formula is C14H25NO3. The molecule has 0 spiro atoms. The van der Waals surface area contributed by atoms with Crippen molar-refractivity contribution in [2.24, 2.45) is 5.92 Å². The number of ether oxygens (including phenoxy) is 1. The lowest BCUT2D eigenvalue weighted by Gasteiger charge is -2.35. The quantitative estimate of drug-likeness (QED) is 0.832. The van der Waals surface area contributed by atoms with Crippen LogP contribution in [0, 0.1) is 5.92 Å². The summed E-state index contributed by atoms with van der Waals surface area (Å²) in [7, 11) is 1.58. The van der Waals surface area contributed by atoms with Gasteiger partial charge in [-0.3, -0.25) is 4.79 Å². The van der Waals surface area contributed by atoms with Gasteiger partial charge in [0.15, 0.2) is 0 Å². The maximum atomic E-state index is 12.5. The highest BCUT2D eigenvalue weighted by Gasteiger charge is 2.43. The highest BCUT2D eigenvalue weighted by atomic mass is 16.5. The average Bonchev–Trinajstić information content (AvgIpc) is 2.95. The molecule has 4 heteroatoms. The van der Waals surface area contributed by atoms with Gasteiger partial charge < -0.3 is 14.7 Å². The predicted octanol–water partition coefficient (Wildman–Crippen LogP) is 1.56. The van der Waals surface area contributed by atoms with Crippen LogP contribution >= 0.6 is 0 Å². The Labute approximate surface area is 109 Å². The van der Waals surface area contributed by atoms with Gasteiger partial charge in [0.25, 0.3) is 5.91 Å². The number of hydrogen-bond donors (Lipinski definition) is 1. The molecule has 4 nitrogen and oxygen atoms in total. The standard InChI is InChI=1S/C14H25NO3/c1-14(2,18-3)13(17)15-9-5-7-11(15)10-6-4-8-12(10)16/h10-12,16H,4-9H2,1-3H3. The van der Waals surface area contributed by atoms with Gasteiger partial charge in [0.05, 0.1) is 6.10 Å². The molecule has 0 bridgehead atoms. The molecular weight excluding hydrogens is 230 g/mol. The molecule has 2 aliphatic rings. The average molecular weight is 255 g/mol. The fraction of sp³-hybridized carbons (Fsp3) is 0.929. The van der Waals surface area contributed by atoms with Crippen molar-refractivity contribution in [3.63, 3.8) is 0 Å². The van der Waals surface area contributed by atoms with Crippen LogP contribution in [0.5, 0.6) is 0 Å². The number of aliphatic hydroxyl groups excluding tert-OH is 1. The van der Waals surface area contributed by atoms with Gasteiger partial charge >= 0.3 is 0 Å². The first-order chi connectivity index (χ1) is 8.47. The Balaban J connectivity index is 2.10. The third kappa shape index (κ3) is 2.41. The van der Waals surface area contributed by atoms with Crippen molar-refractivity contribution in [2.45, 2.75) is 63.7 Å². The zero-order valence-electron chi connectivity index (χ0n) is 11.7. The van der Waals surface area contributed by atoms with E-state index in [0.29, 0.717) is 0 Å². The molecule has 18 heavy (non-hydrogen) atoms. The predicted molar refractivity (Wildman–Crippen MR) is 69.2 cm³/mol. The van der Waals surface area contributed by atoms with Crippen molar-refractivity contribution in [3.05, 3.63) is 0 Å². The van der Waals surface area contributed by atoms with Crippen LogP contribution in [0.2, 0.25) is 0 Å². The highest BCUT2D eigenvalue weighted by molar-refractivity contribution is 5.85. The van der Waals surface area contributed by atoms with E-state index in [2.05, 4.69) is 0 Å². The minimum absolute atomic E-state index is 0.0617. The van der Waals surface area contributed by atoms with E-state index in [-0.39, 0.29) is 24.0 Å². The normalized spacial score (nSPS) is 33.1. The van der Waals surface area contributed by atoms with E-state index < -0.39 is 5.60 Å². The second kappa shape index (κ2) is 5.17. The Morgan fingerprint density at radius 2 is 2.00 bits per heavy atom. The molecule has 1 aliphatic heterocycles. The lowest BCUT2D eigenvalue weighted by molar-refractivity contribution is -0.153. The van der Waals surface area contributed by atoms with Crippen LogP contribution in [0.25, 0.3) is 0 Å². The zero-order valence-corrected chi connectivity index (χ0v) is 11.7. The van der Waals surface area contributed by atoms with Gasteiger partial charge in [-0.05, 0) is 39.5 Å². The van der Waals surface area contributed by atoms with Crippen LogP contribution in [0.15, 0.2) is 0 Å². The van der Waals surface area contributed by atoms with Gasteiger partial charge in [-0.25, -0.2) is 0 Å². The van der Waals surface area contributed by atoms with Gasteiger partial charge in [0.2, 0.25) is 0 Å². The summed E-state index contributed by atoms with van der Waals surface area (Å²) in [5.41, 5.74) is -0.758. The van der Waals surface area contributed by atoms with Crippen LogP contribution in [0.4, 0.5) is 0 Å². The van der Waals surface area contributed by atoms with E-state index in [1.165, 1.54) is 0 Å². The number of aliphatic hydroxyl groups is 1. The SMILES string of the molecule is COC(C)(C)C(=O)N1CCCC1C1CCCC1O. The summed E-state index contributed by atoms with van der Waals surface area (Å²) in [6.45, 7) is 4.44. The van der Waals surface area contributed by atoms with Gasteiger partial charge in [-0.1, -0.05) is 6.42 Å². The van der Waals surface area contributed by atoms with Gasteiger partial charge in [0.1, 0.15) is 5.60 Å². The summed E-state index contributed by atoms with van der Waals surface area (Å²) in [5, 5.41) is 10.0.